The lowest BCUT2D eigenvalue weighted by molar-refractivity contribution is -0.141. The van der Waals surface area contributed by atoms with Gasteiger partial charge in [0.1, 0.15) is 17.6 Å². The molecule has 0 aliphatic carbocycles. The number of alkyl halides is 3. The fourth-order valence-corrected chi connectivity index (χ4v) is 3.59. The minimum Gasteiger partial charge on any atom is -0.368 e. The second-order valence-corrected chi connectivity index (χ2v) is 7.52. The lowest BCUT2D eigenvalue weighted by Crippen LogP contribution is -2.34. The molecule has 32 heavy (non-hydrogen) atoms. The van der Waals surface area contributed by atoms with Crippen LogP contribution >= 0.6 is 0 Å². The van der Waals surface area contributed by atoms with Crippen molar-refractivity contribution in [2.75, 3.05) is 6.54 Å². The largest absolute Gasteiger partial charge is 0.433 e. The fourth-order valence-electron chi connectivity index (χ4n) is 3.59. The first-order chi connectivity index (χ1) is 15.2. The molecule has 2 aromatic carbocycles. The summed E-state index contributed by atoms with van der Waals surface area (Å²) >= 11 is 0. The van der Waals surface area contributed by atoms with Crippen molar-refractivity contribution in [2.24, 2.45) is 5.73 Å². The normalized spacial score (nSPS) is 13.5. The van der Waals surface area contributed by atoms with E-state index in [1.165, 1.54) is 18.3 Å². The van der Waals surface area contributed by atoms with Gasteiger partial charge in [-0.05, 0) is 54.3 Å². The predicted octanol–water partition coefficient (Wildman–Crippen LogP) is 4.89. The van der Waals surface area contributed by atoms with Gasteiger partial charge in [0.2, 0.25) is 5.91 Å². The summed E-state index contributed by atoms with van der Waals surface area (Å²) in [4.78, 5) is 15.5. The van der Waals surface area contributed by atoms with Crippen LogP contribution in [0.1, 0.15) is 46.3 Å². The van der Waals surface area contributed by atoms with Gasteiger partial charge in [-0.3, -0.25) is 9.78 Å². The molecule has 2 atom stereocenters. The summed E-state index contributed by atoms with van der Waals surface area (Å²) in [7, 11) is 0. The fraction of sp³-hybridized carbons (Fsp3) is 0.250. The highest BCUT2D eigenvalue weighted by Crippen LogP contribution is 2.32. The van der Waals surface area contributed by atoms with Crippen LogP contribution in [0.15, 0.2) is 66.9 Å². The van der Waals surface area contributed by atoms with E-state index < -0.39 is 23.8 Å². The Morgan fingerprint density at radius 2 is 1.72 bits per heavy atom. The second kappa shape index (κ2) is 9.91. The van der Waals surface area contributed by atoms with E-state index in [9.17, 15) is 22.4 Å². The first-order valence-electron chi connectivity index (χ1n) is 10.0. The Kier molecular flexibility index (Phi) is 7.25. The minimum absolute atomic E-state index is 0.338. The predicted molar refractivity (Wildman–Crippen MR) is 113 cm³/mol. The molecule has 1 aromatic heterocycles. The van der Waals surface area contributed by atoms with Crippen LogP contribution in [0.25, 0.3) is 0 Å². The Balaban J connectivity index is 1.84. The molecule has 3 aromatic rings. The zero-order valence-electron chi connectivity index (χ0n) is 17.4. The Morgan fingerprint density at radius 3 is 2.28 bits per heavy atom. The van der Waals surface area contributed by atoms with Crippen LogP contribution < -0.4 is 11.1 Å². The zero-order chi connectivity index (χ0) is 23.3. The van der Waals surface area contributed by atoms with E-state index >= 15 is 0 Å². The number of hydrogen-bond acceptors (Lipinski definition) is 3. The molecule has 0 aliphatic rings. The summed E-state index contributed by atoms with van der Waals surface area (Å²) in [5, 5.41) is 3.12. The van der Waals surface area contributed by atoms with Gasteiger partial charge in [0, 0.05) is 12.1 Å². The van der Waals surface area contributed by atoms with Crippen LogP contribution in [-0.4, -0.2) is 17.4 Å². The Bertz CT molecular complexity index is 1050. The van der Waals surface area contributed by atoms with Crippen molar-refractivity contribution in [3.05, 3.63) is 101 Å². The minimum atomic E-state index is -4.54. The molecule has 1 heterocycles. The van der Waals surface area contributed by atoms with Crippen molar-refractivity contribution in [3.63, 3.8) is 0 Å². The number of aryl methyl sites for hydroxylation is 1. The van der Waals surface area contributed by atoms with Crippen LogP contribution in [0.4, 0.5) is 17.6 Å². The monoisotopic (exact) mass is 445 g/mol. The topological polar surface area (TPSA) is 68.0 Å². The first kappa shape index (κ1) is 23.4. The molecule has 1 amide bonds. The Morgan fingerprint density at radius 1 is 1.03 bits per heavy atom. The molecule has 0 aliphatic heterocycles. The molecule has 168 valence electrons. The number of halogens is 4. The number of primary amides is 1. The molecule has 0 bridgehead atoms. The lowest BCUT2D eigenvalue weighted by atomic mass is 9.88. The number of carbonyl (C=O) groups excluding carboxylic acids is 1. The number of carbonyl (C=O) groups is 1. The van der Waals surface area contributed by atoms with Crippen LogP contribution in [0.5, 0.6) is 0 Å². The van der Waals surface area contributed by atoms with E-state index in [0.717, 1.165) is 11.6 Å². The van der Waals surface area contributed by atoms with Gasteiger partial charge >= 0.3 is 6.18 Å². The van der Waals surface area contributed by atoms with E-state index in [-0.39, 0.29) is 11.7 Å². The van der Waals surface area contributed by atoms with Crippen LogP contribution in [-0.2, 0) is 11.0 Å². The number of nitrogens with one attached hydrogen (secondary N) is 1. The number of hydrogen-bond donors (Lipinski definition) is 2. The van der Waals surface area contributed by atoms with Gasteiger partial charge < -0.3 is 11.1 Å². The molecule has 0 radical (unpaired) electrons. The summed E-state index contributed by atoms with van der Waals surface area (Å²) in [6.07, 6.45) is -2.92. The third-order valence-corrected chi connectivity index (χ3v) is 5.26. The maximum atomic E-state index is 13.8. The van der Waals surface area contributed by atoms with Crippen molar-refractivity contribution in [1.82, 2.24) is 10.3 Å². The summed E-state index contributed by atoms with van der Waals surface area (Å²) in [5.41, 5.74) is 7.00. The number of aromatic nitrogens is 1. The average molecular weight is 445 g/mol. The van der Waals surface area contributed by atoms with Crippen LogP contribution in [0.2, 0.25) is 0 Å². The summed E-state index contributed by atoms with van der Waals surface area (Å²) in [5.74, 6) is -1.27. The van der Waals surface area contributed by atoms with Crippen LogP contribution in [0, 0.1) is 12.7 Å². The molecule has 0 spiro atoms. The summed E-state index contributed by atoms with van der Waals surface area (Å²) < 4.78 is 52.5. The SMILES string of the molecule is Cc1cc(C(CCNC(C(N)=O)c2ccccc2)c2ccc(C(F)(F)F)nc2)ccc1F. The Hall–Kier alpha value is -3.26. The van der Waals surface area contributed by atoms with Crippen molar-refractivity contribution < 1.29 is 22.4 Å². The molecular weight excluding hydrogens is 422 g/mol. The van der Waals surface area contributed by atoms with Crippen LogP contribution in [0.3, 0.4) is 0 Å². The average Bonchev–Trinajstić information content (AvgIpc) is 2.76. The third-order valence-electron chi connectivity index (χ3n) is 5.26. The summed E-state index contributed by atoms with van der Waals surface area (Å²) in [6, 6.07) is 15.2. The van der Waals surface area contributed by atoms with Gasteiger partial charge in [0.25, 0.3) is 0 Å². The summed E-state index contributed by atoms with van der Waals surface area (Å²) in [6.45, 7) is 1.96. The number of pyridine rings is 1. The number of benzene rings is 2. The van der Waals surface area contributed by atoms with Gasteiger partial charge in [-0.1, -0.05) is 48.5 Å². The maximum absolute atomic E-state index is 13.8. The molecule has 0 saturated heterocycles. The molecule has 4 nitrogen and oxygen atoms in total. The van der Waals surface area contributed by atoms with Gasteiger partial charge in [-0.2, -0.15) is 13.2 Å². The number of rotatable bonds is 8. The van der Waals surface area contributed by atoms with Crippen molar-refractivity contribution in [1.29, 1.82) is 0 Å². The molecule has 2 unspecified atom stereocenters. The number of amides is 1. The lowest BCUT2D eigenvalue weighted by Gasteiger charge is -2.21. The van der Waals surface area contributed by atoms with E-state index in [2.05, 4.69) is 10.3 Å². The van der Waals surface area contributed by atoms with E-state index in [0.29, 0.717) is 29.7 Å². The number of nitrogens with zero attached hydrogens (tertiary/aromatic N) is 1. The third kappa shape index (κ3) is 5.70. The van der Waals surface area contributed by atoms with Crippen molar-refractivity contribution in [2.45, 2.75) is 31.5 Å². The van der Waals surface area contributed by atoms with Gasteiger partial charge in [-0.25, -0.2) is 4.39 Å². The number of nitrogens with two attached hydrogens (primary N) is 1. The Labute approximate surface area is 183 Å². The van der Waals surface area contributed by atoms with Crippen molar-refractivity contribution in [3.8, 4) is 0 Å². The highest BCUT2D eigenvalue weighted by Gasteiger charge is 2.32. The first-order valence-corrected chi connectivity index (χ1v) is 10.0. The second-order valence-electron chi connectivity index (χ2n) is 7.52. The molecule has 8 heteroatoms. The standard InChI is InChI=1S/C24H23F4N3O/c1-15-13-17(7-9-20(15)25)19(18-8-10-21(31-14-18)24(26,27)28)11-12-30-22(23(29)32)16-5-3-2-4-6-16/h2-10,13-14,19,22,30H,11-12H2,1H3,(H2,29,32). The zero-order valence-corrected chi connectivity index (χ0v) is 17.4. The van der Waals surface area contributed by atoms with Crippen molar-refractivity contribution >= 4 is 5.91 Å². The van der Waals surface area contributed by atoms with E-state index in [1.807, 2.05) is 6.07 Å². The van der Waals surface area contributed by atoms with Gasteiger partial charge in [0.05, 0.1) is 0 Å². The van der Waals surface area contributed by atoms with E-state index in [1.54, 1.807) is 43.3 Å². The molecule has 0 saturated carbocycles. The quantitative estimate of drug-likeness (QED) is 0.486. The maximum Gasteiger partial charge on any atom is 0.433 e. The highest BCUT2D eigenvalue weighted by molar-refractivity contribution is 5.81. The molecule has 3 rings (SSSR count). The molecule has 3 N–H and O–H groups in total. The molecular formula is C24H23F4N3O. The van der Waals surface area contributed by atoms with Gasteiger partial charge in [-0.15, -0.1) is 0 Å². The highest BCUT2D eigenvalue weighted by atomic mass is 19.4. The smallest absolute Gasteiger partial charge is 0.368 e. The van der Waals surface area contributed by atoms with E-state index in [4.69, 9.17) is 5.73 Å². The van der Waals surface area contributed by atoms with Gasteiger partial charge in [0.15, 0.2) is 0 Å². The molecule has 0 fully saturated rings.